The molecule has 0 radical (unpaired) electrons. The quantitative estimate of drug-likeness (QED) is 0.705. The highest BCUT2D eigenvalue weighted by Crippen LogP contribution is 2.44. The van der Waals surface area contributed by atoms with Gasteiger partial charge in [0, 0.05) is 38.9 Å². The maximum atomic E-state index is 14.8. The maximum Gasteiger partial charge on any atom is 0.256 e. The Morgan fingerprint density at radius 3 is 2.47 bits per heavy atom. The number of piperazine rings is 1. The van der Waals surface area contributed by atoms with Crippen LogP contribution in [0.2, 0.25) is 0 Å². The Labute approximate surface area is 187 Å². The molecule has 1 saturated carbocycles. The summed E-state index contributed by atoms with van der Waals surface area (Å²) in [5.41, 5.74) is 2.71. The van der Waals surface area contributed by atoms with Crippen molar-refractivity contribution in [2.24, 2.45) is 0 Å². The number of carbonyl (C=O) groups excluding carboxylic acids is 1. The third-order valence-corrected chi connectivity index (χ3v) is 8.36. The Bertz CT molecular complexity index is 1160. The second-order valence-electron chi connectivity index (χ2n) is 8.88. The maximum absolute atomic E-state index is 14.8. The van der Waals surface area contributed by atoms with Crippen molar-refractivity contribution < 1.29 is 17.6 Å². The number of amides is 1. The molecule has 1 aliphatic carbocycles. The van der Waals surface area contributed by atoms with E-state index in [0.717, 1.165) is 17.4 Å². The SMILES string of the molecule is Cc1cnc(N2CCN(C(=O)c3ccc(N4CCCS4(=O)=O)cc3F)CC2)c(C2CC2)c1. The molecule has 170 valence electrons. The Kier molecular flexibility index (Phi) is 5.31. The van der Waals surface area contributed by atoms with Gasteiger partial charge in [-0.2, -0.15) is 0 Å². The predicted molar refractivity (Wildman–Crippen MR) is 121 cm³/mol. The van der Waals surface area contributed by atoms with Gasteiger partial charge in [-0.1, -0.05) is 6.07 Å². The average molecular weight is 459 g/mol. The van der Waals surface area contributed by atoms with Crippen LogP contribution >= 0.6 is 0 Å². The molecule has 7 nitrogen and oxygen atoms in total. The monoisotopic (exact) mass is 458 g/mol. The van der Waals surface area contributed by atoms with Crippen LogP contribution in [0.25, 0.3) is 0 Å². The number of carbonyl (C=O) groups is 1. The van der Waals surface area contributed by atoms with E-state index in [2.05, 4.69) is 22.9 Å². The van der Waals surface area contributed by atoms with Gasteiger partial charge in [0.05, 0.1) is 17.0 Å². The Morgan fingerprint density at radius 2 is 1.84 bits per heavy atom. The summed E-state index contributed by atoms with van der Waals surface area (Å²) in [6, 6.07) is 6.30. The number of hydrogen-bond acceptors (Lipinski definition) is 5. The van der Waals surface area contributed by atoms with Crippen molar-refractivity contribution in [2.75, 3.05) is 47.7 Å². The van der Waals surface area contributed by atoms with Crippen molar-refractivity contribution >= 4 is 27.4 Å². The van der Waals surface area contributed by atoms with Gasteiger partial charge in [0.25, 0.3) is 5.91 Å². The van der Waals surface area contributed by atoms with Crippen LogP contribution in [0.1, 0.15) is 46.7 Å². The standard InChI is InChI=1S/C23H27FN4O3S/c1-16-13-20(17-3-4-17)22(25-15-16)26-8-10-27(11-9-26)23(29)19-6-5-18(14-21(19)24)28-7-2-12-32(28,30)31/h5-6,13-15,17H,2-4,7-12H2,1H3. The largest absolute Gasteiger partial charge is 0.353 e. The number of halogens is 1. The Morgan fingerprint density at radius 1 is 1.09 bits per heavy atom. The number of hydrogen-bond donors (Lipinski definition) is 0. The van der Waals surface area contributed by atoms with Gasteiger partial charge in [0.15, 0.2) is 0 Å². The highest BCUT2D eigenvalue weighted by atomic mass is 32.2. The van der Waals surface area contributed by atoms with Gasteiger partial charge in [0.2, 0.25) is 10.0 Å². The molecule has 2 aliphatic heterocycles. The molecule has 0 spiro atoms. The van der Waals surface area contributed by atoms with Crippen LogP contribution in [0.5, 0.6) is 0 Å². The number of rotatable bonds is 4. The smallest absolute Gasteiger partial charge is 0.256 e. The van der Waals surface area contributed by atoms with Crippen molar-refractivity contribution in [3.63, 3.8) is 0 Å². The topological polar surface area (TPSA) is 73.8 Å². The minimum atomic E-state index is -3.39. The van der Waals surface area contributed by atoms with E-state index >= 15 is 0 Å². The lowest BCUT2D eigenvalue weighted by molar-refractivity contribution is 0.0742. The van der Waals surface area contributed by atoms with Crippen molar-refractivity contribution in [2.45, 2.75) is 32.1 Å². The number of anilines is 2. The zero-order chi connectivity index (χ0) is 22.5. The number of aryl methyl sites for hydroxylation is 1. The summed E-state index contributed by atoms with van der Waals surface area (Å²) < 4.78 is 40.2. The van der Waals surface area contributed by atoms with E-state index in [1.807, 2.05) is 6.20 Å². The van der Waals surface area contributed by atoms with E-state index in [4.69, 9.17) is 0 Å². The van der Waals surface area contributed by atoms with Gasteiger partial charge in [0.1, 0.15) is 11.6 Å². The summed E-state index contributed by atoms with van der Waals surface area (Å²) in [4.78, 5) is 21.5. The number of benzene rings is 1. The fourth-order valence-electron chi connectivity index (χ4n) is 4.60. The molecule has 0 N–H and O–H groups in total. The number of pyridine rings is 1. The molecule has 2 aromatic rings. The second-order valence-corrected chi connectivity index (χ2v) is 10.9. The zero-order valence-corrected chi connectivity index (χ0v) is 18.9. The van der Waals surface area contributed by atoms with Crippen molar-refractivity contribution in [1.82, 2.24) is 9.88 Å². The molecule has 1 aromatic carbocycles. The van der Waals surface area contributed by atoms with E-state index in [0.29, 0.717) is 45.1 Å². The molecule has 3 heterocycles. The molecule has 3 fully saturated rings. The van der Waals surface area contributed by atoms with E-state index in [-0.39, 0.29) is 22.9 Å². The first-order valence-corrected chi connectivity index (χ1v) is 12.7. The summed E-state index contributed by atoms with van der Waals surface area (Å²) >= 11 is 0. The molecule has 32 heavy (non-hydrogen) atoms. The summed E-state index contributed by atoms with van der Waals surface area (Å²) in [5, 5.41) is 0. The van der Waals surface area contributed by atoms with Crippen LogP contribution in [0, 0.1) is 12.7 Å². The summed E-state index contributed by atoms with van der Waals surface area (Å²) in [5.74, 6) is 0.611. The third kappa shape index (κ3) is 3.94. The average Bonchev–Trinajstić information content (AvgIpc) is 3.56. The molecule has 3 aliphatic rings. The van der Waals surface area contributed by atoms with Gasteiger partial charge in [-0.15, -0.1) is 0 Å². The number of aromatic nitrogens is 1. The van der Waals surface area contributed by atoms with Crippen LogP contribution in [-0.4, -0.2) is 62.7 Å². The lowest BCUT2D eigenvalue weighted by Gasteiger charge is -2.36. The molecule has 1 aromatic heterocycles. The van der Waals surface area contributed by atoms with E-state index in [9.17, 15) is 17.6 Å². The van der Waals surface area contributed by atoms with Gasteiger partial charge in [-0.05, 0) is 61.4 Å². The van der Waals surface area contributed by atoms with Gasteiger partial charge in [-0.3, -0.25) is 9.10 Å². The molecule has 0 atom stereocenters. The molecule has 0 unspecified atom stereocenters. The summed E-state index contributed by atoms with van der Waals surface area (Å²) in [6.07, 6.45) is 4.80. The molecule has 2 saturated heterocycles. The van der Waals surface area contributed by atoms with E-state index in [1.165, 1.54) is 34.8 Å². The van der Waals surface area contributed by atoms with Crippen LogP contribution in [0.15, 0.2) is 30.5 Å². The van der Waals surface area contributed by atoms with Crippen LogP contribution in [-0.2, 0) is 10.0 Å². The van der Waals surface area contributed by atoms with Crippen LogP contribution < -0.4 is 9.21 Å². The van der Waals surface area contributed by atoms with Crippen LogP contribution in [0.4, 0.5) is 15.9 Å². The van der Waals surface area contributed by atoms with E-state index < -0.39 is 15.8 Å². The fraction of sp³-hybridized carbons (Fsp3) is 0.478. The molecular formula is C23H27FN4O3S. The van der Waals surface area contributed by atoms with Gasteiger partial charge in [-0.25, -0.2) is 17.8 Å². The number of nitrogens with zero attached hydrogens (tertiary/aromatic N) is 4. The predicted octanol–water partition coefficient (Wildman–Crippen LogP) is 2.91. The van der Waals surface area contributed by atoms with Gasteiger partial charge < -0.3 is 9.80 Å². The highest BCUT2D eigenvalue weighted by molar-refractivity contribution is 7.93. The highest BCUT2D eigenvalue weighted by Gasteiger charge is 2.32. The summed E-state index contributed by atoms with van der Waals surface area (Å²) in [7, 11) is -3.39. The zero-order valence-electron chi connectivity index (χ0n) is 18.1. The minimum Gasteiger partial charge on any atom is -0.353 e. The second kappa shape index (κ2) is 8.03. The van der Waals surface area contributed by atoms with Crippen LogP contribution in [0.3, 0.4) is 0 Å². The van der Waals surface area contributed by atoms with Crippen molar-refractivity contribution in [3.05, 3.63) is 53.0 Å². The molecule has 9 heteroatoms. The Balaban J connectivity index is 1.28. The molecule has 1 amide bonds. The van der Waals surface area contributed by atoms with Gasteiger partial charge >= 0.3 is 0 Å². The molecular weight excluding hydrogens is 431 g/mol. The summed E-state index contributed by atoms with van der Waals surface area (Å²) in [6.45, 7) is 4.66. The number of sulfonamides is 1. The first kappa shape index (κ1) is 21.2. The first-order valence-electron chi connectivity index (χ1n) is 11.1. The van der Waals surface area contributed by atoms with E-state index in [1.54, 1.807) is 4.90 Å². The fourth-order valence-corrected chi connectivity index (χ4v) is 6.15. The molecule has 0 bridgehead atoms. The van der Waals surface area contributed by atoms with Crippen molar-refractivity contribution in [3.8, 4) is 0 Å². The van der Waals surface area contributed by atoms with Crippen molar-refractivity contribution in [1.29, 1.82) is 0 Å². The minimum absolute atomic E-state index is 0.0223. The first-order chi connectivity index (χ1) is 15.3. The Hall–Kier alpha value is -2.68. The third-order valence-electron chi connectivity index (χ3n) is 6.49. The normalized spacial score (nSPS) is 20.6. The lowest BCUT2D eigenvalue weighted by atomic mass is 10.1. The molecule has 5 rings (SSSR count). The lowest BCUT2D eigenvalue weighted by Crippen LogP contribution is -2.49.